The molecule has 0 N–H and O–H groups in total. The van der Waals surface area contributed by atoms with Crippen LogP contribution in [0.25, 0.3) is 0 Å². The largest absolute Gasteiger partial charge is 0.345 e. The topological polar surface area (TPSA) is 43.9 Å². The summed E-state index contributed by atoms with van der Waals surface area (Å²) in [5, 5.41) is 0. The summed E-state index contributed by atoms with van der Waals surface area (Å²) in [7, 11) is 1.89. The molecule has 2 aliphatic heterocycles. The Morgan fingerprint density at radius 2 is 1.83 bits per heavy atom. The van der Waals surface area contributed by atoms with Crippen LogP contribution in [-0.4, -0.2) is 72.8 Å². The Morgan fingerprint density at radius 1 is 1.13 bits per heavy atom. The predicted octanol–water partition coefficient (Wildman–Crippen LogP) is 1.31. The molecule has 3 rings (SSSR count). The second kappa shape index (κ2) is 7.13. The summed E-state index contributed by atoms with van der Waals surface area (Å²) in [5.74, 6) is 0.960. The molecular weight excluding hydrogens is 290 g/mol. The van der Waals surface area contributed by atoms with Gasteiger partial charge in [-0.2, -0.15) is 0 Å². The molecule has 1 aromatic rings. The van der Waals surface area contributed by atoms with Crippen molar-refractivity contribution in [3.8, 4) is 0 Å². The second-order valence-corrected chi connectivity index (χ2v) is 6.64. The van der Waals surface area contributed by atoms with E-state index < -0.39 is 0 Å². The van der Waals surface area contributed by atoms with E-state index in [0.29, 0.717) is 12.3 Å². The van der Waals surface area contributed by atoms with Crippen LogP contribution in [0.5, 0.6) is 0 Å². The molecule has 2 aliphatic rings. The van der Waals surface area contributed by atoms with E-state index in [0.717, 1.165) is 51.3 Å². The van der Waals surface area contributed by atoms with E-state index in [1.807, 2.05) is 47.2 Å². The maximum Gasteiger partial charge on any atom is 0.253 e. The Kier molecular flexibility index (Phi) is 4.96. The molecule has 5 nitrogen and oxygen atoms in total. The first-order valence-electron chi connectivity index (χ1n) is 8.44. The third-order valence-electron chi connectivity index (χ3n) is 4.92. The molecule has 0 radical (unpaired) electrons. The maximum atomic E-state index is 12.4. The molecule has 2 heterocycles. The second-order valence-electron chi connectivity index (χ2n) is 6.64. The quantitative estimate of drug-likeness (QED) is 0.845. The van der Waals surface area contributed by atoms with Gasteiger partial charge in [-0.05, 0) is 24.5 Å². The lowest BCUT2D eigenvalue weighted by atomic mass is 9.97. The van der Waals surface area contributed by atoms with E-state index in [9.17, 15) is 9.59 Å². The van der Waals surface area contributed by atoms with Crippen molar-refractivity contribution >= 4 is 11.8 Å². The Morgan fingerprint density at radius 3 is 2.48 bits per heavy atom. The summed E-state index contributed by atoms with van der Waals surface area (Å²) in [4.78, 5) is 30.2. The molecule has 0 aliphatic carbocycles. The van der Waals surface area contributed by atoms with Crippen molar-refractivity contribution in [2.24, 2.45) is 5.92 Å². The van der Waals surface area contributed by atoms with Crippen LogP contribution in [0.1, 0.15) is 23.2 Å². The lowest BCUT2D eigenvalue weighted by Crippen LogP contribution is -2.51. The first kappa shape index (κ1) is 16.0. The van der Waals surface area contributed by atoms with Crippen molar-refractivity contribution in [1.82, 2.24) is 14.7 Å². The summed E-state index contributed by atoms with van der Waals surface area (Å²) in [5.41, 5.74) is 0.772. The van der Waals surface area contributed by atoms with Crippen molar-refractivity contribution < 1.29 is 9.59 Å². The zero-order valence-electron chi connectivity index (χ0n) is 13.8. The molecule has 2 saturated heterocycles. The van der Waals surface area contributed by atoms with Gasteiger partial charge in [0.25, 0.3) is 5.91 Å². The molecular formula is C18H25N3O2. The average molecular weight is 315 g/mol. The molecule has 1 atom stereocenters. The van der Waals surface area contributed by atoms with Gasteiger partial charge in [-0.1, -0.05) is 18.2 Å². The van der Waals surface area contributed by atoms with Crippen LogP contribution < -0.4 is 0 Å². The highest BCUT2D eigenvalue weighted by molar-refractivity contribution is 5.94. The monoisotopic (exact) mass is 315 g/mol. The minimum absolute atomic E-state index is 0.133. The van der Waals surface area contributed by atoms with E-state index in [1.165, 1.54) is 0 Å². The van der Waals surface area contributed by atoms with Gasteiger partial charge in [0, 0.05) is 58.3 Å². The number of hydrogen-bond acceptors (Lipinski definition) is 3. The van der Waals surface area contributed by atoms with Crippen molar-refractivity contribution in [2.75, 3.05) is 46.3 Å². The Balaban J connectivity index is 1.47. The molecule has 1 unspecified atom stereocenters. The van der Waals surface area contributed by atoms with Crippen molar-refractivity contribution in [2.45, 2.75) is 12.8 Å². The Labute approximate surface area is 137 Å². The molecule has 0 aromatic heterocycles. The third-order valence-corrected chi connectivity index (χ3v) is 4.92. The normalized spacial score (nSPS) is 23.2. The zero-order valence-corrected chi connectivity index (χ0v) is 13.8. The smallest absolute Gasteiger partial charge is 0.253 e. The van der Waals surface area contributed by atoms with Crippen molar-refractivity contribution in [3.63, 3.8) is 0 Å². The number of rotatable bonds is 3. The van der Waals surface area contributed by atoms with Gasteiger partial charge in [-0.25, -0.2) is 0 Å². The van der Waals surface area contributed by atoms with Crippen LogP contribution >= 0.6 is 0 Å². The van der Waals surface area contributed by atoms with Gasteiger partial charge in [0.1, 0.15) is 0 Å². The standard InChI is InChI=1S/C18H25N3O2/c1-19-13-15(7-8-17(19)22)14-20-9-11-21(12-10-20)18(23)16-5-3-2-4-6-16/h2-6,15H,7-14H2,1H3. The number of piperidine rings is 1. The third kappa shape index (κ3) is 3.91. The number of likely N-dealkylation sites (tertiary alicyclic amines) is 1. The highest BCUT2D eigenvalue weighted by Crippen LogP contribution is 2.18. The number of amides is 2. The molecule has 0 bridgehead atoms. The summed E-state index contributed by atoms with van der Waals surface area (Å²) in [6, 6.07) is 9.50. The van der Waals surface area contributed by atoms with Gasteiger partial charge in [0.05, 0.1) is 0 Å². The molecule has 0 spiro atoms. The lowest BCUT2D eigenvalue weighted by molar-refractivity contribution is -0.133. The van der Waals surface area contributed by atoms with E-state index in [2.05, 4.69) is 4.90 Å². The van der Waals surface area contributed by atoms with Crippen LogP contribution in [0.2, 0.25) is 0 Å². The van der Waals surface area contributed by atoms with Crippen molar-refractivity contribution in [1.29, 1.82) is 0 Å². The van der Waals surface area contributed by atoms with Gasteiger partial charge >= 0.3 is 0 Å². The van der Waals surface area contributed by atoms with Crippen molar-refractivity contribution in [3.05, 3.63) is 35.9 Å². The minimum atomic E-state index is 0.133. The van der Waals surface area contributed by atoms with Crippen LogP contribution in [-0.2, 0) is 4.79 Å². The van der Waals surface area contributed by atoms with Gasteiger partial charge in [0.15, 0.2) is 0 Å². The molecule has 2 amide bonds. The first-order valence-corrected chi connectivity index (χ1v) is 8.44. The predicted molar refractivity (Wildman–Crippen MR) is 89.1 cm³/mol. The van der Waals surface area contributed by atoms with Crippen LogP contribution in [0.15, 0.2) is 30.3 Å². The summed E-state index contributed by atoms with van der Waals surface area (Å²) in [6.45, 7) is 5.32. The molecule has 1 aromatic carbocycles. The number of nitrogens with zero attached hydrogens (tertiary/aromatic N) is 3. The molecule has 124 valence electrons. The zero-order chi connectivity index (χ0) is 16.2. The fourth-order valence-corrected chi connectivity index (χ4v) is 3.51. The molecule has 0 saturated carbocycles. The lowest BCUT2D eigenvalue weighted by Gasteiger charge is -2.38. The fraction of sp³-hybridized carbons (Fsp3) is 0.556. The van der Waals surface area contributed by atoms with E-state index >= 15 is 0 Å². The highest BCUT2D eigenvalue weighted by atomic mass is 16.2. The first-order chi connectivity index (χ1) is 11.1. The molecule has 23 heavy (non-hydrogen) atoms. The maximum absolute atomic E-state index is 12.4. The average Bonchev–Trinajstić information content (AvgIpc) is 2.59. The highest BCUT2D eigenvalue weighted by Gasteiger charge is 2.27. The number of carbonyl (C=O) groups excluding carboxylic acids is 2. The fourth-order valence-electron chi connectivity index (χ4n) is 3.51. The minimum Gasteiger partial charge on any atom is -0.345 e. The van der Waals surface area contributed by atoms with Crippen LogP contribution in [0, 0.1) is 5.92 Å². The van der Waals surface area contributed by atoms with Gasteiger partial charge in [-0.15, -0.1) is 0 Å². The number of piperazine rings is 1. The Bertz CT molecular complexity index is 553. The SMILES string of the molecule is CN1CC(CN2CCN(C(=O)c3ccccc3)CC2)CCC1=O. The van der Waals surface area contributed by atoms with E-state index in [1.54, 1.807) is 0 Å². The summed E-state index contributed by atoms with van der Waals surface area (Å²) in [6.07, 6.45) is 1.67. The van der Waals surface area contributed by atoms with Gasteiger partial charge in [-0.3, -0.25) is 14.5 Å². The number of hydrogen-bond donors (Lipinski definition) is 0. The molecule has 2 fully saturated rings. The number of carbonyl (C=O) groups is 2. The summed E-state index contributed by atoms with van der Waals surface area (Å²) >= 11 is 0. The van der Waals surface area contributed by atoms with Crippen LogP contribution in [0.3, 0.4) is 0 Å². The van der Waals surface area contributed by atoms with Gasteiger partial charge in [0.2, 0.25) is 5.91 Å². The Hall–Kier alpha value is -1.88. The van der Waals surface area contributed by atoms with E-state index in [-0.39, 0.29) is 11.8 Å². The van der Waals surface area contributed by atoms with Crippen LogP contribution in [0.4, 0.5) is 0 Å². The summed E-state index contributed by atoms with van der Waals surface area (Å²) < 4.78 is 0. The molecule has 5 heteroatoms. The number of benzene rings is 1. The van der Waals surface area contributed by atoms with Gasteiger partial charge < -0.3 is 9.80 Å². The van der Waals surface area contributed by atoms with E-state index in [4.69, 9.17) is 0 Å².